The first-order valence-corrected chi connectivity index (χ1v) is 11.4. The molecule has 0 aromatic carbocycles. The average Bonchev–Trinajstić information content (AvgIpc) is 3.01. The molecule has 0 aliphatic heterocycles. The summed E-state index contributed by atoms with van der Waals surface area (Å²) in [5.74, 6) is 0. The second-order valence-electron chi connectivity index (χ2n) is 7.29. The molecule has 0 saturated heterocycles. The molecule has 0 aliphatic carbocycles. The second-order valence-corrected chi connectivity index (χ2v) is 7.29. The molecule has 0 unspecified atom stereocenters. The van der Waals surface area contributed by atoms with Crippen LogP contribution in [0.15, 0.2) is 146 Å². The van der Waals surface area contributed by atoms with Crippen LogP contribution in [0.2, 0.25) is 0 Å². The van der Waals surface area contributed by atoms with Crippen molar-refractivity contribution in [3.05, 3.63) is 146 Å². The van der Waals surface area contributed by atoms with E-state index in [0.29, 0.717) is 0 Å². The van der Waals surface area contributed by atoms with Gasteiger partial charge < -0.3 is 0 Å². The number of aromatic nitrogens is 6. The molecule has 0 fully saturated rings. The van der Waals surface area contributed by atoms with Crippen LogP contribution < -0.4 is 0 Å². The smallest absolute Gasteiger partial charge is 0.0886 e. The summed E-state index contributed by atoms with van der Waals surface area (Å²) in [5.41, 5.74) is 5.49. The van der Waals surface area contributed by atoms with Crippen molar-refractivity contribution in [3.8, 4) is 34.2 Å². The van der Waals surface area contributed by atoms with Gasteiger partial charge in [0.15, 0.2) is 0 Å². The molecule has 6 aromatic heterocycles. The monoisotopic (exact) mass is 571 g/mol. The molecule has 0 amide bonds. The van der Waals surface area contributed by atoms with E-state index < -0.39 is 0 Å². The topological polar surface area (TPSA) is 77.3 Å². The Morgan fingerprint density at radius 3 is 0.514 bits per heavy atom. The summed E-state index contributed by atoms with van der Waals surface area (Å²) < 4.78 is 0. The molecule has 6 aromatic rings. The molecule has 183 valence electrons. The van der Waals surface area contributed by atoms with Gasteiger partial charge in [0.2, 0.25) is 0 Å². The second kappa shape index (κ2) is 15.5. The van der Waals surface area contributed by atoms with Crippen molar-refractivity contribution in [1.29, 1.82) is 0 Å². The summed E-state index contributed by atoms with van der Waals surface area (Å²) in [5, 5.41) is 0. The van der Waals surface area contributed by atoms with E-state index in [4.69, 9.17) is 0 Å². The van der Waals surface area contributed by atoms with Crippen molar-refractivity contribution in [3.63, 3.8) is 0 Å². The predicted molar refractivity (Wildman–Crippen MR) is 142 cm³/mol. The maximum atomic E-state index is 4.19. The van der Waals surface area contributed by atoms with Crippen LogP contribution in [-0.2, 0) is 19.5 Å². The third-order valence-corrected chi connectivity index (χ3v) is 4.78. The van der Waals surface area contributed by atoms with Gasteiger partial charge in [0.25, 0.3) is 0 Å². The molecule has 1 radical (unpaired) electrons. The third kappa shape index (κ3) is 8.91. The van der Waals surface area contributed by atoms with Gasteiger partial charge in [-0.15, -0.1) is 0 Å². The first-order valence-electron chi connectivity index (χ1n) is 11.4. The van der Waals surface area contributed by atoms with Gasteiger partial charge in [-0.25, -0.2) is 0 Å². The Hall–Kier alpha value is -4.48. The minimum absolute atomic E-state index is 0. The molecule has 6 nitrogen and oxygen atoms in total. The van der Waals surface area contributed by atoms with E-state index in [0.717, 1.165) is 34.2 Å². The van der Waals surface area contributed by atoms with Crippen LogP contribution in [-0.4, -0.2) is 29.9 Å². The molecular weight excluding hydrogens is 547 g/mol. The van der Waals surface area contributed by atoms with Crippen molar-refractivity contribution in [1.82, 2.24) is 29.9 Å². The molecule has 0 N–H and O–H groups in total. The van der Waals surface area contributed by atoms with E-state index in [9.17, 15) is 0 Å². The SMILES string of the molecule is [Rh].c1ccc(-c2ccccn2)nc1.c1ccc(-c2ccccn2)nc1.c1ccc(-c2ccccn2)nc1. The van der Waals surface area contributed by atoms with Crippen LogP contribution in [0.4, 0.5) is 0 Å². The van der Waals surface area contributed by atoms with E-state index in [1.165, 1.54) is 0 Å². The summed E-state index contributed by atoms with van der Waals surface area (Å²) in [6, 6.07) is 34.8. The standard InChI is InChI=1S/3C10H8N2.Rh/c3*1-3-7-11-9(5-1)10-6-2-4-8-12-10;/h3*1-8H;. The Kier molecular flexibility index (Phi) is 11.4. The van der Waals surface area contributed by atoms with Gasteiger partial charge in [0.05, 0.1) is 34.2 Å². The van der Waals surface area contributed by atoms with Crippen LogP contribution in [0.5, 0.6) is 0 Å². The van der Waals surface area contributed by atoms with Gasteiger partial charge in [-0.2, -0.15) is 0 Å². The largest absolute Gasteiger partial charge is 0.255 e. The summed E-state index contributed by atoms with van der Waals surface area (Å²) in [4.78, 5) is 25.1. The van der Waals surface area contributed by atoms with Crippen molar-refractivity contribution >= 4 is 0 Å². The summed E-state index contributed by atoms with van der Waals surface area (Å²) in [6.07, 6.45) is 10.6. The number of hydrogen-bond donors (Lipinski definition) is 0. The van der Waals surface area contributed by atoms with E-state index in [1.807, 2.05) is 109 Å². The Morgan fingerprint density at radius 1 is 0.243 bits per heavy atom. The minimum atomic E-state index is 0. The summed E-state index contributed by atoms with van der Waals surface area (Å²) in [7, 11) is 0. The minimum Gasteiger partial charge on any atom is -0.255 e. The van der Waals surface area contributed by atoms with Crippen molar-refractivity contribution in [2.45, 2.75) is 0 Å². The first-order chi connectivity index (χ1) is 17.9. The van der Waals surface area contributed by atoms with Gasteiger partial charge in [-0.3, -0.25) is 29.9 Å². The van der Waals surface area contributed by atoms with Crippen LogP contribution in [0.3, 0.4) is 0 Å². The molecule has 0 saturated carbocycles. The van der Waals surface area contributed by atoms with Gasteiger partial charge in [-0.05, 0) is 72.8 Å². The van der Waals surface area contributed by atoms with Gasteiger partial charge in [0.1, 0.15) is 0 Å². The Morgan fingerprint density at radius 2 is 0.405 bits per heavy atom. The zero-order valence-corrected chi connectivity index (χ0v) is 21.5. The van der Waals surface area contributed by atoms with E-state index in [-0.39, 0.29) is 19.5 Å². The molecule has 0 atom stereocenters. The molecule has 0 bridgehead atoms. The molecule has 6 heterocycles. The number of pyridine rings is 6. The molecule has 7 heteroatoms. The van der Waals surface area contributed by atoms with Crippen molar-refractivity contribution < 1.29 is 19.5 Å². The third-order valence-electron chi connectivity index (χ3n) is 4.78. The molecular formula is C30H24N6Rh. The van der Waals surface area contributed by atoms with E-state index in [1.54, 1.807) is 37.2 Å². The van der Waals surface area contributed by atoms with Crippen LogP contribution in [0, 0.1) is 0 Å². The predicted octanol–water partition coefficient (Wildman–Crippen LogP) is 6.43. The molecule has 0 aliphatic rings. The fraction of sp³-hybridized carbons (Fsp3) is 0. The maximum Gasteiger partial charge on any atom is 0.0886 e. The zero-order chi connectivity index (χ0) is 24.7. The first kappa shape index (κ1) is 27.1. The fourth-order valence-corrected chi connectivity index (χ4v) is 3.09. The maximum absolute atomic E-state index is 4.19. The average molecular weight is 571 g/mol. The van der Waals surface area contributed by atoms with E-state index >= 15 is 0 Å². The van der Waals surface area contributed by atoms with Crippen molar-refractivity contribution in [2.75, 3.05) is 0 Å². The summed E-state index contributed by atoms with van der Waals surface area (Å²) in [6.45, 7) is 0. The van der Waals surface area contributed by atoms with E-state index in [2.05, 4.69) is 29.9 Å². The van der Waals surface area contributed by atoms with Crippen LogP contribution >= 0.6 is 0 Å². The number of nitrogens with zero attached hydrogens (tertiary/aromatic N) is 6. The molecule has 0 spiro atoms. The Bertz CT molecular complexity index is 1100. The zero-order valence-electron chi connectivity index (χ0n) is 19.9. The van der Waals surface area contributed by atoms with Gasteiger partial charge in [0, 0.05) is 56.7 Å². The Labute approximate surface area is 229 Å². The van der Waals surface area contributed by atoms with Crippen molar-refractivity contribution in [2.24, 2.45) is 0 Å². The number of hydrogen-bond acceptors (Lipinski definition) is 6. The molecule has 6 rings (SSSR count). The van der Waals surface area contributed by atoms with Gasteiger partial charge in [-0.1, -0.05) is 36.4 Å². The molecule has 37 heavy (non-hydrogen) atoms. The number of rotatable bonds is 3. The van der Waals surface area contributed by atoms with Gasteiger partial charge >= 0.3 is 0 Å². The Balaban J connectivity index is 0.000000152. The van der Waals surface area contributed by atoms with Crippen LogP contribution in [0.1, 0.15) is 0 Å². The summed E-state index contributed by atoms with van der Waals surface area (Å²) >= 11 is 0. The fourth-order valence-electron chi connectivity index (χ4n) is 3.09. The van der Waals surface area contributed by atoms with Crippen LogP contribution in [0.25, 0.3) is 34.2 Å². The normalized spacial score (nSPS) is 9.41. The quantitative estimate of drug-likeness (QED) is 0.228.